The van der Waals surface area contributed by atoms with Gasteiger partial charge in [-0.25, -0.2) is 0 Å². The van der Waals surface area contributed by atoms with Crippen LogP contribution in [0, 0.1) is 13.8 Å². The van der Waals surface area contributed by atoms with Crippen molar-refractivity contribution in [1.29, 1.82) is 0 Å². The molecule has 1 aromatic rings. The Hall–Kier alpha value is -1.22. The van der Waals surface area contributed by atoms with Gasteiger partial charge in [0.05, 0.1) is 6.10 Å². The van der Waals surface area contributed by atoms with Crippen LogP contribution in [0.1, 0.15) is 42.1 Å². The first-order valence-electron chi connectivity index (χ1n) is 5.72. The number of fused-ring (bicyclic) bond motifs is 1. The Morgan fingerprint density at radius 1 is 1.31 bits per heavy atom. The minimum Gasteiger partial charge on any atom is -0.508 e. The quantitative estimate of drug-likeness (QED) is 0.705. The highest BCUT2D eigenvalue weighted by atomic mass is 16.5. The molecular weight excluding hydrogens is 204 g/mol. The Bertz CT molecular complexity index is 461. The maximum absolute atomic E-state index is 10.1. The van der Waals surface area contributed by atoms with Gasteiger partial charge < -0.3 is 14.9 Å². The smallest absolute Gasteiger partial charge is 0.129 e. The zero-order chi connectivity index (χ0) is 11.5. The van der Waals surface area contributed by atoms with Gasteiger partial charge >= 0.3 is 0 Å². The molecule has 1 spiro atoms. The van der Waals surface area contributed by atoms with E-state index in [4.69, 9.17) is 4.74 Å². The Kier molecular flexibility index (Phi) is 1.82. The average Bonchev–Trinajstić information content (AvgIpc) is 2.97. The van der Waals surface area contributed by atoms with Crippen LogP contribution in [-0.4, -0.2) is 15.8 Å². The molecule has 2 N–H and O–H groups in total. The lowest BCUT2D eigenvalue weighted by atomic mass is 9.93. The first-order valence-corrected chi connectivity index (χ1v) is 5.72. The SMILES string of the molecule is Cc1c(O)cc2c(c1C)OC1(CC1)CC2O. The molecule has 0 amide bonds. The van der Waals surface area contributed by atoms with Crippen molar-refractivity contribution in [1.82, 2.24) is 0 Å². The molecule has 1 aliphatic heterocycles. The van der Waals surface area contributed by atoms with Crippen molar-refractivity contribution in [2.75, 3.05) is 0 Å². The fraction of sp³-hybridized carbons (Fsp3) is 0.538. The van der Waals surface area contributed by atoms with Crippen LogP contribution in [0.3, 0.4) is 0 Å². The second kappa shape index (κ2) is 2.92. The molecule has 1 aromatic carbocycles. The molecule has 3 nitrogen and oxygen atoms in total. The lowest BCUT2D eigenvalue weighted by molar-refractivity contribution is 0.0506. The summed E-state index contributed by atoms with van der Waals surface area (Å²) in [6.45, 7) is 3.80. The van der Waals surface area contributed by atoms with Crippen molar-refractivity contribution in [3.05, 3.63) is 22.8 Å². The Labute approximate surface area is 94.7 Å². The fourth-order valence-corrected chi connectivity index (χ4v) is 2.45. The maximum Gasteiger partial charge on any atom is 0.129 e. The third kappa shape index (κ3) is 1.24. The summed E-state index contributed by atoms with van der Waals surface area (Å²) in [5, 5.41) is 19.8. The van der Waals surface area contributed by atoms with Crippen molar-refractivity contribution in [2.24, 2.45) is 0 Å². The second-order valence-corrected chi connectivity index (χ2v) is 5.07. The van der Waals surface area contributed by atoms with E-state index in [9.17, 15) is 10.2 Å². The summed E-state index contributed by atoms with van der Waals surface area (Å²) in [5.41, 5.74) is 2.41. The summed E-state index contributed by atoms with van der Waals surface area (Å²) in [7, 11) is 0. The monoisotopic (exact) mass is 220 g/mol. The Morgan fingerprint density at radius 2 is 2.00 bits per heavy atom. The van der Waals surface area contributed by atoms with Gasteiger partial charge in [-0.05, 0) is 43.9 Å². The number of hydrogen-bond acceptors (Lipinski definition) is 3. The fourth-order valence-electron chi connectivity index (χ4n) is 2.45. The van der Waals surface area contributed by atoms with Gasteiger partial charge in [0.25, 0.3) is 0 Å². The molecule has 1 heterocycles. The summed E-state index contributed by atoms with van der Waals surface area (Å²) in [6.07, 6.45) is 2.21. The molecule has 0 saturated heterocycles. The Balaban J connectivity index is 2.17. The summed E-state index contributed by atoms with van der Waals surface area (Å²) >= 11 is 0. The molecular formula is C13H16O3. The Morgan fingerprint density at radius 3 is 2.62 bits per heavy atom. The van der Waals surface area contributed by atoms with Gasteiger partial charge in [0, 0.05) is 12.0 Å². The second-order valence-electron chi connectivity index (χ2n) is 5.07. The number of phenols is 1. The minimum atomic E-state index is -0.503. The molecule has 3 heteroatoms. The van der Waals surface area contributed by atoms with Crippen molar-refractivity contribution >= 4 is 0 Å². The highest BCUT2D eigenvalue weighted by molar-refractivity contribution is 5.54. The number of phenolic OH excluding ortho intramolecular Hbond substituents is 1. The summed E-state index contributed by atoms with van der Waals surface area (Å²) in [4.78, 5) is 0. The molecule has 1 fully saturated rings. The molecule has 3 rings (SSSR count). The molecule has 1 unspecified atom stereocenters. The number of aliphatic hydroxyl groups excluding tert-OH is 1. The lowest BCUT2D eigenvalue weighted by Crippen LogP contribution is -2.28. The molecule has 86 valence electrons. The third-order valence-electron chi connectivity index (χ3n) is 3.89. The molecule has 1 saturated carbocycles. The van der Waals surface area contributed by atoms with Crippen molar-refractivity contribution in [2.45, 2.75) is 44.8 Å². The predicted molar refractivity (Wildman–Crippen MR) is 59.8 cm³/mol. The zero-order valence-electron chi connectivity index (χ0n) is 9.58. The van der Waals surface area contributed by atoms with E-state index in [1.54, 1.807) is 6.07 Å². The van der Waals surface area contributed by atoms with Crippen LogP contribution >= 0.6 is 0 Å². The number of aliphatic hydroxyl groups is 1. The van der Waals surface area contributed by atoms with Gasteiger partial charge in [0.1, 0.15) is 17.1 Å². The van der Waals surface area contributed by atoms with Gasteiger partial charge in [-0.1, -0.05) is 0 Å². The number of benzene rings is 1. The average molecular weight is 220 g/mol. The van der Waals surface area contributed by atoms with Crippen LogP contribution in [0.4, 0.5) is 0 Å². The van der Waals surface area contributed by atoms with E-state index < -0.39 is 6.10 Å². The molecule has 0 radical (unpaired) electrons. The summed E-state index contributed by atoms with van der Waals surface area (Å²) in [5.74, 6) is 1.03. The van der Waals surface area contributed by atoms with E-state index in [0.717, 1.165) is 35.3 Å². The maximum atomic E-state index is 10.1. The number of rotatable bonds is 0. The van der Waals surface area contributed by atoms with Crippen molar-refractivity contribution in [3.63, 3.8) is 0 Å². The lowest BCUT2D eigenvalue weighted by Gasteiger charge is -2.31. The van der Waals surface area contributed by atoms with E-state index in [2.05, 4.69) is 0 Å². The van der Waals surface area contributed by atoms with Crippen LogP contribution in [0.2, 0.25) is 0 Å². The minimum absolute atomic E-state index is 0.111. The largest absolute Gasteiger partial charge is 0.508 e. The van der Waals surface area contributed by atoms with Crippen molar-refractivity contribution < 1.29 is 14.9 Å². The molecule has 1 atom stereocenters. The molecule has 0 bridgehead atoms. The van der Waals surface area contributed by atoms with Gasteiger partial charge in [0.2, 0.25) is 0 Å². The normalized spacial score (nSPS) is 25.1. The molecule has 0 aromatic heterocycles. The highest BCUT2D eigenvalue weighted by Crippen LogP contribution is 2.53. The number of hydrogen-bond donors (Lipinski definition) is 2. The standard InChI is InChI=1S/C13H16O3/c1-7-8(2)12-9(5-10(7)14)11(15)6-13(16-12)3-4-13/h5,11,14-15H,3-4,6H2,1-2H3. The molecule has 1 aliphatic carbocycles. The van der Waals surface area contributed by atoms with Crippen LogP contribution < -0.4 is 4.74 Å². The van der Waals surface area contributed by atoms with Crippen LogP contribution in [0.5, 0.6) is 11.5 Å². The first-order chi connectivity index (χ1) is 7.52. The topological polar surface area (TPSA) is 49.7 Å². The predicted octanol–water partition coefficient (Wildman–Crippen LogP) is 2.36. The van der Waals surface area contributed by atoms with E-state index >= 15 is 0 Å². The van der Waals surface area contributed by atoms with Gasteiger partial charge in [-0.3, -0.25) is 0 Å². The molecule has 2 aliphatic rings. The first kappa shape index (κ1) is 9.97. The van der Waals surface area contributed by atoms with Gasteiger partial charge in [-0.2, -0.15) is 0 Å². The van der Waals surface area contributed by atoms with E-state index in [1.165, 1.54) is 0 Å². The highest BCUT2D eigenvalue weighted by Gasteiger charge is 2.50. The van der Waals surface area contributed by atoms with E-state index in [0.29, 0.717) is 6.42 Å². The van der Waals surface area contributed by atoms with E-state index in [1.807, 2.05) is 13.8 Å². The summed E-state index contributed by atoms with van der Waals surface area (Å²) in [6, 6.07) is 1.64. The zero-order valence-corrected chi connectivity index (χ0v) is 9.58. The summed E-state index contributed by atoms with van der Waals surface area (Å²) < 4.78 is 6.00. The number of ether oxygens (including phenoxy) is 1. The third-order valence-corrected chi connectivity index (χ3v) is 3.89. The molecule has 16 heavy (non-hydrogen) atoms. The van der Waals surface area contributed by atoms with Crippen LogP contribution in [0.15, 0.2) is 6.07 Å². The van der Waals surface area contributed by atoms with Gasteiger partial charge in [0.15, 0.2) is 0 Å². The van der Waals surface area contributed by atoms with Crippen LogP contribution in [0.25, 0.3) is 0 Å². The van der Waals surface area contributed by atoms with Gasteiger partial charge in [-0.15, -0.1) is 0 Å². The van der Waals surface area contributed by atoms with Crippen LogP contribution in [-0.2, 0) is 0 Å². The number of aromatic hydroxyl groups is 1. The van der Waals surface area contributed by atoms with E-state index in [-0.39, 0.29) is 11.4 Å². The van der Waals surface area contributed by atoms with Crippen molar-refractivity contribution in [3.8, 4) is 11.5 Å².